The van der Waals surface area contributed by atoms with E-state index in [9.17, 15) is 23.8 Å². The molecule has 3 N–H and O–H groups in total. The van der Waals surface area contributed by atoms with Gasteiger partial charge in [0.15, 0.2) is 0 Å². The quantitative estimate of drug-likeness (QED) is 0.525. The molecular weight excluding hydrogens is 449 g/mol. The molecule has 0 bridgehead atoms. The Labute approximate surface area is 186 Å². The monoisotopic (exact) mass is 471 g/mol. The van der Waals surface area contributed by atoms with Crippen molar-refractivity contribution in [3.05, 3.63) is 69.7 Å². The second-order valence-electron chi connectivity index (χ2n) is 7.54. The van der Waals surface area contributed by atoms with Gasteiger partial charge < -0.3 is 10.0 Å². The molecule has 0 aliphatic carbocycles. The van der Waals surface area contributed by atoms with Gasteiger partial charge in [0, 0.05) is 16.1 Å². The lowest BCUT2D eigenvalue weighted by Crippen LogP contribution is -2.55. The number of carboxylic acids is 1. The molecule has 0 unspecified atom stereocenters. The highest BCUT2D eigenvalue weighted by Crippen LogP contribution is 2.67. The maximum absolute atomic E-state index is 13.3. The van der Waals surface area contributed by atoms with Crippen LogP contribution in [0.3, 0.4) is 0 Å². The summed E-state index contributed by atoms with van der Waals surface area (Å²) in [5.41, 5.74) is 1.19. The number of nitrogens with zero attached hydrogens (tertiary/aromatic N) is 1. The van der Waals surface area contributed by atoms with Crippen molar-refractivity contribution >= 4 is 45.7 Å². The van der Waals surface area contributed by atoms with Crippen molar-refractivity contribution in [1.29, 1.82) is 0 Å². The molecule has 6 nitrogen and oxygen atoms in total. The molecule has 1 saturated heterocycles. The van der Waals surface area contributed by atoms with Crippen molar-refractivity contribution in [3.8, 4) is 0 Å². The lowest BCUT2D eigenvalue weighted by Gasteiger charge is -2.57. The van der Waals surface area contributed by atoms with Gasteiger partial charge in [0.1, 0.15) is 5.25 Å². The number of amides is 1. The number of carbonyl (C=O) groups is 2. The molecular formula is C21H23Cl2NO5S. The van der Waals surface area contributed by atoms with Crippen LogP contribution in [0.5, 0.6) is 0 Å². The normalized spacial score (nSPS) is 24.7. The summed E-state index contributed by atoms with van der Waals surface area (Å²) in [6.07, 6.45) is -0.672. The Morgan fingerprint density at radius 3 is 2.23 bits per heavy atom. The van der Waals surface area contributed by atoms with E-state index in [-0.39, 0.29) is 6.04 Å². The molecule has 1 amide bonds. The van der Waals surface area contributed by atoms with Crippen LogP contribution in [-0.4, -0.2) is 42.3 Å². The molecule has 2 aromatic rings. The summed E-state index contributed by atoms with van der Waals surface area (Å²) < 4.78 is 22.6. The van der Waals surface area contributed by atoms with Crippen LogP contribution in [0.1, 0.15) is 42.7 Å². The summed E-state index contributed by atoms with van der Waals surface area (Å²) in [5.74, 6) is -1.86. The molecule has 1 heterocycles. The van der Waals surface area contributed by atoms with Crippen LogP contribution >= 0.6 is 33.8 Å². The summed E-state index contributed by atoms with van der Waals surface area (Å²) in [6, 6.07) is 12.4. The van der Waals surface area contributed by atoms with E-state index in [1.54, 1.807) is 53.4 Å². The molecule has 1 aliphatic rings. The number of carboxylic acid groups (broad SMARTS) is 1. The second kappa shape index (κ2) is 8.77. The zero-order valence-corrected chi connectivity index (χ0v) is 18.7. The minimum Gasteiger partial charge on any atom is -0.481 e. The summed E-state index contributed by atoms with van der Waals surface area (Å²) in [5, 5.41) is 7.84. The van der Waals surface area contributed by atoms with E-state index < -0.39 is 45.4 Å². The van der Waals surface area contributed by atoms with Crippen LogP contribution in [0.15, 0.2) is 48.5 Å². The average molecular weight is 472 g/mol. The van der Waals surface area contributed by atoms with Gasteiger partial charge in [-0.15, -0.1) is 0 Å². The molecule has 30 heavy (non-hydrogen) atoms. The highest BCUT2D eigenvalue weighted by Gasteiger charge is 2.54. The second-order valence-corrected chi connectivity index (χ2v) is 10.8. The first kappa shape index (κ1) is 22.9. The van der Waals surface area contributed by atoms with Crippen molar-refractivity contribution in [2.24, 2.45) is 0 Å². The van der Waals surface area contributed by atoms with Gasteiger partial charge in [-0.1, -0.05) is 47.5 Å². The van der Waals surface area contributed by atoms with Gasteiger partial charge >= 0.3 is 5.97 Å². The Morgan fingerprint density at radius 1 is 1.07 bits per heavy atom. The van der Waals surface area contributed by atoms with Gasteiger partial charge in [0.25, 0.3) is 0 Å². The van der Waals surface area contributed by atoms with Crippen LogP contribution in [0, 0.1) is 0 Å². The van der Waals surface area contributed by atoms with Crippen molar-refractivity contribution in [2.45, 2.75) is 42.9 Å². The SMILES string of the molecule is CC(C)N1C(=O)[C@H](CC(=O)O)S(O)(O)[C@@H](c2cccc(Cl)c2)[C@H]1c1ccc(Cl)cc1. The van der Waals surface area contributed by atoms with E-state index in [0.717, 1.165) is 0 Å². The predicted molar refractivity (Wildman–Crippen MR) is 119 cm³/mol. The number of carbonyl (C=O) groups excluding carboxylic acids is 1. The van der Waals surface area contributed by atoms with E-state index in [0.29, 0.717) is 21.2 Å². The highest BCUT2D eigenvalue weighted by molar-refractivity contribution is 8.25. The third-order valence-corrected chi connectivity index (χ3v) is 8.18. The molecule has 162 valence electrons. The van der Waals surface area contributed by atoms with Crippen LogP contribution in [0.2, 0.25) is 10.0 Å². The molecule has 9 heteroatoms. The van der Waals surface area contributed by atoms with Crippen molar-refractivity contribution < 1.29 is 23.8 Å². The van der Waals surface area contributed by atoms with Crippen molar-refractivity contribution in [2.75, 3.05) is 0 Å². The summed E-state index contributed by atoms with van der Waals surface area (Å²) >= 11 is 12.2. The van der Waals surface area contributed by atoms with E-state index in [2.05, 4.69) is 0 Å². The third-order valence-electron chi connectivity index (χ3n) is 5.21. The van der Waals surface area contributed by atoms with Gasteiger partial charge in [-0.3, -0.25) is 18.7 Å². The summed E-state index contributed by atoms with van der Waals surface area (Å²) in [7, 11) is -3.72. The number of halogens is 2. The van der Waals surface area contributed by atoms with Crippen LogP contribution in [-0.2, 0) is 9.59 Å². The van der Waals surface area contributed by atoms with Gasteiger partial charge in [0.05, 0.1) is 17.7 Å². The minimum absolute atomic E-state index is 0.313. The topological polar surface area (TPSA) is 98.1 Å². The number of benzene rings is 2. The van der Waals surface area contributed by atoms with E-state index in [4.69, 9.17) is 23.2 Å². The third kappa shape index (κ3) is 4.31. The molecule has 0 spiro atoms. The lowest BCUT2D eigenvalue weighted by atomic mass is 9.94. The van der Waals surface area contributed by atoms with Gasteiger partial charge in [0.2, 0.25) is 5.91 Å². The maximum Gasteiger partial charge on any atom is 0.305 e. The number of aliphatic carboxylic acids is 1. The van der Waals surface area contributed by atoms with Gasteiger partial charge in [-0.25, -0.2) is 0 Å². The maximum atomic E-state index is 13.3. The van der Waals surface area contributed by atoms with Gasteiger partial charge in [-0.2, -0.15) is 10.6 Å². The summed E-state index contributed by atoms with van der Waals surface area (Å²) in [6.45, 7) is 3.62. The Morgan fingerprint density at radius 2 is 1.70 bits per heavy atom. The fourth-order valence-electron chi connectivity index (χ4n) is 3.97. The molecule has 3 rings (SSSR count). The lowest BCUT2D eigenvalue weighted by molar-refractivity contribution is -0.143. The molecule has 0 radical (unpaired) electrons. The number of hydrogen-bond donors (Lipinski definition) is 3. The molecule has 3 atom stereocenters. The minimum atomic E-state index is -3.72. The Kier molecular flexibility index (Phi) is 6.69. The van der Waals surface area contributed by atoms with Crippen LogP contribution in [0.4, 0.5) is 0 Å². The highest BCUT2D eigenvalue weighted by atomic mass is 35.5. The Bertz CT molecular complexity index is 951. The first-order chi connectivity index (χ1) is 14.0. The molecule has 1 aliphatic heterocycles. The number of rotatable bonds is 5. The average Bonchev–Trinajstić information content (AvgIpc) is 2.64. The first-order valence-corrected chi connectivity index (χ1v) is 11.8. The first-order valence-electron chi connectivity index (χ1n) is 9.34. The molecule has 2 aromatic carbocycles. The van der Waals surface area contributed by atoms with Crippen molar-refractivity contribution in [1.82, 2.24) is 4.90 Å². The van der Waals surface area contributed by atoms with Crippen molar-refractivity contribution in [3.63, 3.8) is 0 Å². The Balaban J connectivity index is 2.26. The fourth-order valence-corrected chi connectivity index (χ4v) is 6.67. The van der Waals surface area contributed by atoms with E-state index >= 15 is 0 Å². The predicted octanol–water partition coefficient (Wildman–Crippen LogP) is 5.62. The van der Waals surface area contributed by atoms with Crippen LogP contribution < -0.4 is 0 Å². The molecule has 1 fully saturated rings. The zero-order chi connectivity index (χ0) is 22.2. The standard InChI is InChI=1S/C21H23Cl2NO5S/c1-12(2)24-19(13-6-8-15(22)9-7-13)20(14-4-3-5-16(23)10-14)30(28,29)17(21(24)27)11-18(25)26/h3-10,12,17,19-20,28-29H,11H2,1-2H3,(H,25,26)/t17-,19+,20-/m0/s1. The smallest absolute Gasteiger partial charge is 0.305 e. The van der Waals surface area contributed by atoms with E-state index in [1.165, 1.54) is 0 Å². The van der Waals surface area contributed by atoms with Crippen LogP contribution in [0.25, 0.3) is 0 Å². The summed E-state index contributed by atoms with van der Waals surface area (Å²) in [4.78, 5) is 26.3. The van der Waals surface area contributed by atoms with Gasteiger partial charge in [-0.05, 0) is 49.2 Å². The van der Waals surface area contributed by atoms with E-state index in [1.807, 2.05) is 13.8 Å². The number of hydrogen-bond acceptors (Lipinski definition) is 4. The largest absolute Gasteiger partial charge is 0.481 e. The zero-order valence-electron chi connectivity index (χ0n) is 16.4. The Hall–Kier alpha value is -1.77. The molecule has 0 saturated carbocycles. The molecule has 0 aromatic heterocycles. The fraction of sp³-hybridized carbons (Fsp3) is 0.333.